The van der Waals surface area contributed by atoms with Gasteiger partial charge in [0, 0.05) is 45.9 Å². The van der Waals surface area contributed by atoms with Gasteiger partial charge in [-0.25, -0.2) is 13.6 Å². The van der Waals surface area contributed by atoms with Crippen LogP contribution in [0.15, 0.2) is 67.0 Å². The maximum atomic E-state index is 13.2. The first-order valence-corrected chi connectivity index (χ1v) is 10.9. The van der Waals surface area contributed by atoms with Gasteiger partial charge in [0.25, 0.3) is 0 Å². The van der Waals surface area contributed by atoms with Gasteiger partial charge in [-0.05, 0) is 42.3 Å². The predicted octanol–water partition coefficient (Wildman–Crippen LogP) is 5.09. The fourth-order valence-corrected chi connectivity index (χ4v) is 4.10. The number of aromatic amines is 1. The van der Waals surface area contributed by atoms with Crippen LogP contribution in [-0.4, -0.2) is 25.7 Å². The van der Waals surface area contributed by atoms with Crippen molar-refractivity contribution in [3.63, 3.8) is 0 Å². The van der Waals surface area contributed by atoms with Gasteiger partial charge < -0.3 is 9.71 Å². The van der Waals surface area contributed by atoms with Crippen molar-refractivity contribution in [2.75, 3.05) is 10.5 Å². The monoisotopic (exact) mass is 421 g/mol. The average Bonchev–Trinajstić information content (AvgIpc) is 3.17. The van der Waals surface area contributed by atoms with E-state index in [2.05, 4.69) is 14.7 Å². The summed E-state index contributed by atoms with van der Waals surface area (Å²) in [5, 5.41) is 0.690. The van der Waals surface area contributed by atoms with Crippen molar-refractivity contribution in [3.05, 3.63) is 83.9 Å². The molecule has 0 spiro atoms. The molecule has 0 radical (unpaired) electrons. The summed E-state index contributed by atoms with van der Waals surface area (Å²) < 4.78 is 28.1. The Hall–Kier alpha value is -3.32. The van der Waals surface area contributed by atoms with Crippen molar-refractivity contribution >= 4 is 33.5 Å². The van der Waals surface area contributed by atoms with Crippen LogP contribution in [0.2, 0.25) is 0 Å². The van der Waals surface area contributed by atoms with Gasteiger partial charge in [-0.1, -0.05) is 31.2 Å². The number of H-pyrrole nitrogens is 1. The third-order valence-corrected chi connectivity index (χ3v) is 5.94. The largest absolute Gasteiger partial charge is 0.345 e. The molecule has 0 fully saturated rings. The molecule has 2 heterocycles. The molecule has 0 amide bonds. The van der Waals surface area contributed by atoms with Crippen molar-refractivity contribution in [1.29, 1.82) is 0 Å². The van der Waals surface area contributed by atoms with Gasteiger partial charge in [-0.3, -0.25) is 4.79 Å². The third kappa shape index (κ3) is 4.16. The summed E-state index contributed by atoms with van der Waals surface area (Å²) in [6.45, 7) is 1.96. The minimum atomic E-state index is -1.18. The van der Waals surface area contributed by atoms with E-state index in [4.69, 9.17) is 0 Å². The van der Waals surface area contributed by atoms with Crippen molar-refractivity contribution in [2.45, 2.75) is 13.3 Å². The molecule has 152 valence electrons. The van der Waals surface area contributed by atoms with E-state index < -0.39 is 11.0 Å². The van der Waals surface area contributed by atoms with E-state index >= 15 is 0 Å². The zero-order valence-electron chi connectivity index (χ0n) is 16.3. The molecule has 5 nitrogen and oxygen atoms in total. The summed E-state index contributed by atoms with van der Waals surface area (Å²) in [5.41, 5.74) is 3.83. The molecule has 2 N–H and O–H groups in total. The molecule has 2 aromatic heterocycles. The Kier molecular flexibility index (Phi) is 5.72. The lowest BCUT2D eigenvalue weighted by Gasteiger charge is -2.07. The second kappa shape index (κ2) is 8.59. The molecule has 4 rings (SSSR count). The van der Waals surface area contributed by atoms with Crippen LogP contribution < -0.4 is 4.72 Å². The number of nitrogens with one attached hydrogen (secondary N) is 2. The number of fused-ring (bicyclic) bond motifs is 1. The highest BCUT2D eigenvalue weighted by molar-refractivity contribution is 7.86. The first kappa shape index (κ1) is 20.0. The van der Waals surface area contributed by atoms with Gasteiger partial charge >= 0.3 is 0 Å². The lowest BCUT2D eigenvalue weighted by Crippen LogP contribution is -2.09. The minimum absolute atomic E-state index is 0.163. The molecule has 0 saturated heterocycles. The maximum Gasteiger partial charge on any atom is 0.195 e. The van der Waals surface area contributed by atoms with E-state index in [1.165, 1.54) is 12.1 Å². The summed E-state index contributed by atoms with van der Waals surface area (Å²) in [5.74, 6) is 0.0706. The Balaban J connectivity index is 1.67. The molecule has 30 heavy (non-hydrogen) atoms. The first-order chi connectivity index (χ1) is 14.5. The zero-order chi connectivity index (χ0) is 21.1. The Bertz CT molecular complexity index is 1230. The van der Waals surface area contributed by atoms with Crippen LogP contribution in [-0.2, 0) is 11.0 Å². The molecule has 0 bridgehead atoms. The lowest BCUT2D eigenvalue weighted by molar-refractivity contribution is 0.104. The average molecular weight is 421 g/mol. The lowest BCUT2D eigenvalue weighted by atomic mass is 10.0. The molecular formula is C23H20FN3O2S. The number of halogens is 1. The number of nitrogens with zero attached hydrogens (tertiary/aromatic N) is 1. The zero-order valence-corrected chi connectivity index (χ0v) is 17.1. The molecule has 0 aliphatic heterocycles. The fourth-order valence-electron chi connectivity index (χ4n) is 3.24. The van der Waals surface area contributed by atoms with Gasteiger partial charge in [-0.15, -0.1) is 0 Å². The van der Waals surface area contributed by atoms with Gasteiger partial charge in [0.2, 0.25) is 0 Å². The van der Waals surface area contributed by atoms with E-state index in [9.17, 15) is 13.4 Å². The van der Waals surface area contributed by atoms with Crippen molar-refractivity contribution < 1.29 is 13.4 Å². The predicted molar refractivity (Wildman–Crippen MR) is 118 cm³/mol. The first-order valence-electron chi connectivity index (χ1n) is 9.58. The minimum Gasteiger partial charge on any atom is -0.345 e. The van der Waals surface area contributed by atoms with Crippen LogP contribution in [0, 0.1) is 5.82 Å². The number of aromatic nitrogens is 2. The summed E-state index contributed by atoms with van der Waals surface area (Å²) in [7, 11) is -1.18. The number of pyridine rings is 1. The van der Waals surface area contributed by atoms with Crippen molar-refractivity contribution in [3.8, 4) is 11.1 Å². The van der Waals surface area contributed by atoms with E-state index in [1.54, 1.807) is 48.8 Å². The number of benzene rings is 2. The van der Waals surface area contributed by atoms with Gasteiger partial charge in [-0.2, -0.15) is 0 Å². The molecule has 4 aromatic rings. The van der Waals surface area contributed by atoms with Crippen LogP contribution in [0.3, 0.4) is 0 Å². The number of rotatable bonds is 7. The third-order valence-electron chi connectivity index (χ3n) is 4.70. The Labute approximate surface area is 176 Å². The van der Waals surface area contributed by atoms with E-state index in [0.717, 1.165) is 17.5 Å². The number of anilines is 1. The molecule has 1 unspecified atom stereocenters. The molecule has 2 aromatic carbocycles. The van der Waals surface area contributed by atoms with Gasteiger partial charge in [0.15, 0.2) is 5.78 Å². The topological polar surface area (TPSA) is 74.8 Å². The molecule has 1 atom stereocenters. The Morgan fingerprint density at radius 1 is 1.13 bits per heavy atom. The number of hydrogen-bond donors (Lipinski definition) is 2. The van der Waals surface area contributed by atoms with Crippen LogP contribution in [0.25, 0.3) is 22.2 Å². The summed E-state index contributed by atoms with van der Waals surface area (Å²) in [6, 6.07) is 15.0. The second-order valence-corrected chi connectivity index (χ2v) is 8.19. The highest BCUT2D eigenvalue weighted by Crippen LogP contribution is 2.27. The highest BCUT2D eigenvalue weighted by Gasteiger charge is 2.16. The Morgan fingerprint density at radius 3 is 2.70 bits per heavy atom. The van der Waals surface area contributed by atoms with Crippen molar-refractivity contribution in [2.24, 2.45) is 0 Å². The van der Waals surface area contributed by atoms with E-state index in [-0.39, 0.29) is 11.6 Å². The quantitative estimate of drug-likeness (QED) is 0.408. The molecular weight excluding hydrogens is 401 g/mol. The Morgan fingerprint density at radius 2 is 1.93 bits per heavy atom. The van der Waals surface area contributed by atoms with E-state index in [1.807, 2.05) is 13.0 Å². The number of ketones is 1. The number of carbonyl (C=O) groups is 1. The van der Waals surface area contributed by atoms with E-state index in [0.29, 0.717) is 33.6 Å². The van der Waals surface area contributed by atoms with Crippen LogP contribution in [0.4, 0.5) is 10.1 Å². The number of carbonyl (C=O) groups excluding carboxylic acids is 1. The fraction of sp³-hybridized carbons (Fsp3) is 0.130. The highest BCUT2D eigenvalue weighted by atomic mass is 32.2. The van der Waals surface area contributed by atoms with Crippen molar-refractivity contribution in [1.82, 2.24) is 9.97 Å². The summed E-state index contributed by atoms with van der Waals surface area (Å²) in [4.78, 5) is 20.6. The van der Waals surface area contributed by atoms with Crippen LogP contribution in [0.1, 0.15) is 29.3 Å². The summed E-state index contributed by atoms with van der Waals surface area (Å²) in [6.07, 6.45) is 4.13. The molecule has 0 aliphatic carbocycles. The van der Waals surface area contributed by atoms with Gasteiger partial charge in [0.05, 0.1) is 0 Å². The summed E-state index contributed by atoms with van der Waals surface area (Å²) >= 11 is 0. The van der Waals surface area contributed by atoms with Gasteiger partial charge in [0.1, 0.15) is 22.5 Å². The normalized spacial score (nSPS) is 12.1. The second-order valence-electron chi connectivity index (χ2n) is 6.89. The standard InChI is InChI=1S/C23H20FN3O2S/c1-2-10-30(29)27-19-5-3-4-16(11-19)22(28)21-14-26-23-20(21)12-17(13-25-23)15-6-8-18(24)9-7-15/h3-9,11-14,27H,2,10H2,1H3,(H,25,26). The smallest absolute Gasteiger partial charge is 0.195 e. The number of hydrogen-bond acceptors (Lipinski definition) is 3. The van der Waals surface area contributed by atoms with Crippen LogP contribution >= 0.6 is 0 Å². The maximum absolute atomic E-state index is 13.2. The SMILES string of the molecule is CCCS(=O)Nc1cccc(C(=O)c2c[nH]c3ncc(-c4ccc(F)cc4)cc23)c1. The molecule has 7 heteroatoms. The van der Waals surface area contributed by atoms with Crippen LogP contribution in [0.5, 0.6) is 0 Å². The molecule has 0 saturated carbocycles. The molecule has 0 aliphatic rings.